The summed E-state index contributed by atoms with van der Waals surface area (Å²) in [4.78, 5) is 25.0. The van der Waals surface area contributed by atoms with Gasteiger partial charge in [0.1, 0.15) is 5.75 Å². The molecular weight excluding hydrogens is 386 g/mol. The Morgan fingerprint density at radius 3 is 2.59 bits per heavy atom. The van der Waals surface area contributed by atoms with Crippen molar-refractivity contribution < 1.29 is 22.7 Å². The van der Waals surface area contributed by atoms with Crippen LogP contribution in [-0.2, 0) is 24.2 Å². The molecule has 1 saturated carbocycles. The molecule has 0 saturated heterocycles. The molecular formula is C19H23NO5S2. The van der Waals surface area contributed by atoms with Gasteiger partial charge in [-0.3, -0.25) is 4.79 Å². The average Bonchev–Trinajstić information content (AvgIpc) is 2.99. The summed E-state index contributed by atoms with van der Waals surface area (Å²) in [6.07, 6.45) is 3.98. The van der Waals surface area contributed by atoms with Gasteiger partial charge in [-0.05, 0) is 31.9 Å². The van der Waals surface area contributed by atoms with Crippen molar-refractivity contribution in [2.24, 2.45) is 5.92 Å². The molecule has 27 heavy (non-hydrogen) atoms. The fourth-order valence-corrected chi connectivity index (χ4v) is 6.26. The minimum Gasteiger partial charge on any atom is -0.463 e. The first-order valence-electron chi connectivity index (χ1n) is 9.08. The predicted octanol–water partition coefficient (Wildman–Crippen LogP) is 2.66. The number of nitrogens with one attached hydrogen (secondary N) is 1. The lowest BCUT2D eigenvalue weighted by atomic mass is 9.84. The van der Waals surface area contributed by atoms with Crippen molar-refractivity contribution >= 4 is 33.5 Å². The van der Waals surface area contributed by atoms with Crippen molar-refractivity contribution in [2.45, 2.75) is 42.8 Å². The van der Waals surface area contributed by atoms with Gasteiger partial charge in [-0.1, -0.05) is 31.0 Å². The van der Waals surface area contributed by atoms with E-state index in [1.54, 1.807) is 25.1 Å². The Balaban J connectivity index is 1.78. The van der Waals surface area contributed by atoms with Gasteiger partial charge >= 0.3 is 5.97 Å². The average molecular weight is 410 g/mol. The first-order chi connectivity index (χ1) is 12.9. The molecule has 0 bridgehead atoms. The fourth-order valence-electron chi connectivity index (χ4n) is 3.55. The maximum atomic E-state index is 12.4. The lowest BCUT2D eigenvalue weighted by molar-refractivity contribution is -0.139. The number of carbonyl (C=O) groups excluding carboxylic acids is 2. The van der Waals surface area contributed by atoms with Crippen LogP contribution in [0, 0.1) is 5.92 Å². The Hall–Kier alpha value is -1.80. The number of esters is 1. The van der Waals surface area contributed by atoms with Gasteiger partial charge in [-0.2, -0.15) is 0 Å². The second-order valence-electron chi connectivity index (χ2n) is 6.63. The van der Waals surface area contributed by atoms with E-state index in [-0.39, 0.29) is 22.7 Å². The topological polar surface area (TPSA) is 89.5 Å². The van der Waals surface area contributed by atoms with Gasteiger partial charge in [-0.15, -0.1) is 11.8 Å². The van der Waals surface area contributed by atoms with Crippen molar-refractivity contribution in [3.63, 3.8) is 0 Å². The van der Waals surface area contributed by atoms with Gasteiger partial charge in [-0.25, -0.2) is 13.2 Å². The standard InChI is InChI=1S/C19H23NO5S2/c1-2-25-19(22)17-14-10-6-7-11-15(14)26-18(17)20-16(21)12-27(23,24)13-8-4-3-5-9-13/h3-5,8-9,14-15H,2,6-7,10-12H2,1H3,(H,20,21)/t14-,15+/m1/s1. The van der Waals surface area contributed by atoms with Crippen LogP contribution in [0.2, 0.25) is 0 Å². The normalized spacial score (nSPS) is 22.3. The summed E-state index contributed by atoms with van der Waals surface area (Å²) < 4.78 is 30.0. The van der Waals surface area contributed by atoms with Gasteiger partial charge in [0.2, 0.25) is 5.91 Å². The molecule has 0 spiro atoms. The summed E-state index contributed by atoms with van der Waals surface area (Å²) in [6.45, 7) is 2.00. The zero-order valence-electron chi connectivity index (χ0n) is 15.1. The van der Waals surface area contributed by atoms with Crippen LogP contribution in [0.15, 0.2) is 45.8 Å². The number of hydrogen-bond acceptors (Lipinski definition) is 6. The third kappa shape index (κ3) is 4.55. The Bertz CT molecular complexity index is 848. The number of fused-ring (bicyclic) bond motifs is 1. The first-order valence-corrected chi connectivity index (χ1v) is 11.6. The van der Waals surface area contributed by atoms with Crippen LogP contribution in [-0.4, -0.2) is 37.9 Å². The van der Waals surface area contributed by atoms with Gasteiger partial charge in [0.25, 0.3) is 0 Å². The largest absolute Gasteiger partial charge is 0.463 e. The summed E-state index contributed by atoms with van der Waals surface area (Å²) in [5.41, 5.74) is 0.497. The molecule has 0 aromatic heterocycles. The maximum Gasteiger partial charge on any atom is 0.336 e. The summed E-state index contributed by atoms with van der Waals surface area (Å²) in [7, 11) is -3.74. The van der Waals surface area contributed by atoms with E-state index in [2.05, 4.69) is 5.32 Å². The minimum atomic E-state index is -3.74. The number of ether oxygens (including phenoxy) is 1. The van der Waals surface area contributed by atoms with Crippen LogP contribution in [0.3, 0.4) is 0 Å². The molecule has 1 heterocycles. The third-order valence-corrected chi connectivity index (χ3v) is 7.82. The highest BCUT2D eigenvalue weighted by Gasteiger charge is 2.41. The number of thioether (sulfide) groups is 1. The van der Waals surface area contributed by atoms with Crippen molar-refractivity contribution in [3.8, 4) is 0 Å². The molecule has 1 aliphatic heterocycles. The smallest absolute Gasteiger partial charge is 0.336 e. The van der Waals surface area contributed by atoms with E-state index in [1.807, 2.05) is 0 Å². The van der Waals surface area contributed by atoms with Gasteiger partial charge in [0, 0.05) is 11.2 Å². The summed E-state index contributed by atoms with van der Waals surface area (Å²) in [5.74, 6) is -1.65. The Kier molecular flexibility index (Phi) is 6.26. The minimum absolute atomic E-state index is 0.0591. The van der Waals surface area contributed by atoms with E-state index >= 15 is 0 Å². The van der Waals surface area contributed by atoms with Crippen LogP contribution in [0.5, 0.6) is 0 Å². The molecule has 8 heteroatoms. The summed E-state index contributed by atoms with van der Waals surface area (Å²) >= 11 is 1.46. The highest BCUT2D eigenvalue weighted by Crippen LogP contribution is 2.48. The molecule has 3 rings (SSSR count). The molecule has 1 fully saturated rings. The Morgan fingerprint density at radius 2 is 1.89 bits per heavy atom. The first kappa shape index (κ1) is 19.9. The lowest BCUT2D eigenvalue weighted by Crippen LogP contribution is -2.30. The molecule has 2 atom stereocenters. The molecule has 1 aliphatic carbocycles. The highest BCUT2D eigenvalue weighted by atomic mass is 32.2. The number of benzene rings is 1. The van der Waals surface area contributed by atoms with Crippen molar-refractivity contribution in [3.05, 3.63) is 40.9 Å². The third-order valence-electron chi connectivity index (χ3n) is 4.76. The molecule has 1 N–H and O–H groups in total. The van der Waals surface area contributed by atoms with E-state index in [1.165, 1.54) is 23.9 Å². The molecule has 146 valence electrons. The van der Waals surface area contributed by atoms with Crippen molar-refractivity contribution in [1.29, 1.82) is 0 Å². The number of amides is 1. The molecule has 1 aromatic carbocycles. The maximum absolute atomic E-state index is 12.4. The van der Waals surface area contributed by atoms with Crippen molar-refractivity contribution in [1.82, 2.24) is 5.32 Å². The summed E-state index contributed by atoms with van der Waals surface area (Å²) in [5, 5.41) is 3.37. The molecule has 1 aromatic rings. The van der Waals surface area contributed by atoms with Crippen LogP contribution in [0.4, 0.5) is 0 Å². The molecule has 6 nitrogen and oxygen atoms in total. The van der Waals surface area contributed by atoms with E-state index in [4.69, 9.17) is 4.74 Å². The highest BCUT2D eigenvalue weighted by molar-refractivity contribution is 8.04. The van der Waals surface area contributed by atoms with E-state index in [0.29, 0.717) is 10.6 Å². The molecule has 1 amide bonds. The van der Waals surface area contributed by atoms with Crippen LogP contribution in [0.25, 0.3) is 0 Å². The Labute approximate surface area is 163 Å². The summed E-state index contributed by atoms with van der Waals surface area (Å²) in [6, 6.07) is 7.87. The number of hydrogen-bond donors (Lipinski definition) is 1. The molecule has 0 radical (unpaired) electrons. The monoisotopic (exact) mass is 409 g/mol. The SMILES string of the molecule is CCOC(=O)C1=C(NC(=O)CS(=O)(=O)c2ccccc2)S[C@H]2CCCC[C@@H]12. The van der Waals surface area contributed by atoms with Gasteiger partial charge in [0.15, 0.2) is 9.84 Å². The number of sulfone groups is 1. The van der Waals surface area contributed by atoms with Crippen LogP contribution < -0.4 is 5.32 Å². The van der Waals surface area contributed by atoms with E-state index in [9.17, 15) is 18.0 Å². The zero-order chi connectivity index (χ0) is 19.4. The van der Waals surface area contributed by atoms with Gasteiger partial charge < -0.3 is 10.1 Å². The van der Waals surface area contributed by atoms with Crippen LogP contribution >= 0.6 is 11.8 Å². The van der Waals surface area contributed by atoms with Crippen molar-refractivity contribution in [2.75, 3.05) is 12.4 Å². The molecule has 2 aliphatic rings. The fraction of sp³-hybridized carbons (Fsp3) is 0.474. The van der Waals surface area contributed by atoms with Crippen LogP contribution in [0.1, 0.15) is 32.6 Å². The number of carbonyl (C=O) groups is 2. The Morgan fingerprint density at radius 1 is 1.19 bits per heavy atom. The zero-order valence-corrected chi connectivity index (χ0v) is 16.8. The predicted molar refractivity (Wildman–Crippen MR) is 104 cm³/mol. The second-order valence-corrected chi connectivity index (χ2v) is 9.87. The lowest BCUT2D eigenvalue weighted by Gasteiger charge is -2.25. The second kappa shape index (κ2) is 8.48. The van der Waals surface area contributed by atoms with Gasteiger partial charge in [0.05, 0.1) is 22.1 Å². The molecule has 0 unspecified atom stereocenters. The van der Waals surface area contributed by atoms with E-state index < -0.39 is 27.5 Å². The quantitative estimate of drug-likeness (QED) is 0.727. The van der Waals surface area contributed by atoms with E-state index in [0.717, 1.165) is 25.7 Å². The number of rotatable bonds is 6.